The van der Waals surface area contributed by atoms with E-state index in [0.29, 0.717) is 28.8 Å². The number of ether oxygens (including phenoxy) is 1. The lowest BCUT2D eigenvalue weighted by atomic mass is 10.1. The number of aromatic nitrogens is 3. The number of anilines is 1. The summed E-state index contributed by atoms with van der Waals surface area (Å²) in [5.41, 5.74) is 2.05. The minimum Gasteiger partial charge on any atom is -0.490 e. The fourth-order valence-corrected chi connectivity index (χ4v) is 3.92. The van der Waals surface area contributed by atoms with Crippen LogP contribution >= 0.6 is 0 Å². The van der Waals surface area contributed by atoms with Crippen molar-refractivity contribution in [3.05, 3.63) is 66.4 Å². The van der Waals surface area contributed by atoms with Crippen LogP contribution in [0.4, 0.5) is 5.82 Å². The maximum atomic E-state index is 12.9. The number of piperidine rings is 1. The van der Waals surface area contributed by atoms with Crippen LogP contribution in [0.5, 0.6) is 5.75 Å². The molecule has 33 heavy (non-hydrogen) atoms. The molecule has 0 aliphatic carbocycles. The Kier molecular flexibility index (Phi) is 5.75. The first-order chi connectivity index (χ1) is 16.0. The normalized spacial score (nSPS) is 15.0. The van der Waals surface area contributed by atoms with Crippen molar-refractivity contribution in [2.75, 3.05) is 25.5 Å². The third-order valence-electron chi connectivity index (χ3n) is 5.78. The Bertz CT molecular complexity index is 1290. The Balaban J connectivity index is 1.31. The topological polar surface area (TPSA) is 93.4 Å². The number of benzene rings is 1. The summed E-state index contributed by atoms with van der Waals surface area (Å²) in [5.74, 6) is 2.15. The predicted octanol–water partition coefficient (Wildman–Crippen LogP) is 4.32. The standard InChI is InChI=1S/C25H25N5O3/c1-16-26-15-23(32-16)19-10-18-12-24(28-14-22(18)27-13-19)29-25(31)17-4-3-5-21(11-17)33-20-6-8-30(2)9-7-20/h3-5,10-15,20H,6-9H2,1-2H3,(H,28,29,31). The molecule has 1 aliphatic heterocycles. The van der Waals surface area contributed by atoms with Crippen molar-refractivity contribution in [3.63, 3.8) is 0 Å². The van der Waals surface area contributed by atoms with E-state index in [-0.39, 0.29) is 12.0 Å². The zero-order chi connectivity index (χ0) is 22.8. The highest BCUT2D eigenvalue weighted by Crippen LogP contribution is 2.25. The lowest BCUT2D eigenvalue weighted by Crippen LogP contribution is -2.35. The van der Waals surface area contributed by atoms with E-state index in [1.807, 2.05) is 18.2 Å². The number of pyridine rings is 2. The first-order valence-corrected chi connectivity index (χ1v) is 11.0. The molecule has 0 unspecified atom stereocenters. The van der Waals surface area contributed by atoms with Gasteiger partial charge in [0.15, 0.2) is 11.7 Å². The van der Waals surface area contributed by atoms with Gasteiger partial charge in [-0.2, -0.15) is 0 Å². The van der Waals surface area contributed by atoms with E-state index in [4.69, 9.17) is 9.15 Å². The Morgan fingerprint density at radius 1 is 1.09 bits per heavy atom. The number of nitrogens with zero attached hydrogens (tertiary/aromatic N) is 4. The number of nitrogens with one attached hydrogen (secondary N) is 1. The second kappa shape index (κ2) is 8.99. The summed E-state index contributed by atoms with van der Waals surface area (Å²) in [6, 6.07) is 11.0. The van der Waals surface area contributed by atoms with Crippen molar-refractivity contribution in [2.24, 2.45) is 0 Å². The maximum Gasteiger partial charge on any atom is 0.256 e. The van der Waals surface area contributed by atoms with Gasteiger partial charge in [0.05, 0.1) is 17.9 Å². The van der Waals surface area contributed by atoms with Gasteiger partial charge in [0.1, 0.15) is 17.7 Å². The number of aryl methyl sites for hydroxylation is 1. The van der Waals surface area contributed by atoms with Crippen LogP contribution in [0, 0.1) is 6.92 Å². The van der Waals surface area contributed by atoms with Gasteiger partial charge in [-0.15, -0.1) is 0 Å². The van der Waals surface area contributed by atoms with E-state index in [1.54, 1.807) is 43.7 Å². The van der Waals surface area contributed by atoms with Crippen LogP contribution in [0.25, 0.3) is 22.2 Å². The van der Waals surface area contributed by atoms with Gasteiger partial charge in [0.25, 0.3) is 5.91 Å². The highest BCUT2D eigenvalue weighted by atomic mass is 16.5. The summed E-state index contributed by atoms with van der Waals surface area (Å²) in [7, 11) is 2.12. The summed E-state index contributed by atoms with van der Waals surface area (Å²) in [6.07, 6.45) is 7.17. The van der Waals surface area contributed by atoms with E-state index in [9.17, 15) is 4.79 Å². The molecule has 0 saturated carbocycles. The number of hydrogen-bond donors (Lipinski definition) is 1. The van der Waals surface area contributed by atoms with E-state index < -0.39 is 0 Å². The number of fused-ring (bicyclic) bond motifs is 1. The van der Waals surface area contributed by atoms with Gasteiger partial charge in [0, 0.05) is 42.7 Å². The van der Waals surface area contributed by atoms with E-state index in [2.05, 4.69) is 32.2 Å². The molecular formula is C25H25N5O3. The monoisotopic (exact) mass is 443 g/mol. The number of rotatable bonds is 5. The van der Waals surface area contributed by atoms with Crippen molar-refractivity contribution < 1.29 is 13.9 Å². The minimum atomic E-state index is -0.245. The molecule has 1 fully saturated rings. The first kappa shape index (κ1) is 21.1. The molecule has 3 aromatic heterocycles. The lowest BCUT2D eigenvalue weighted by molar-refractivity contribution is 0.102. The number of likely N-dealkylation sites (tertiary alicyclic amines) is 1. The zero-order valence-corrected chi connectivity index (χ0v) is 18.6. The van der Waals surface area contributed by atoms with Crippen LogP contribution in [0.15, 0.2) is 59.4 Å². The van der Waals surface area contributed by atoms with Crippen LogP contribution in [0.1, 0.15) is 29.1 Å². The molecule has 0 bridgehead atoms. The van der Waals surface area contributed by atoms with E-state index in [1.165, 1.54) is 0 Å². The van der Waals surface area contributed by atoms with Gasteiger partial charge in [-0.1, -0.05) is 6.07 Å². The van der Waals surface area contributed by atoms with Crippen LogP contribution < -0.4 is 10.1 Å². The summed E-state index contributed by atoms with van der Waals surface area (Å²) >= 11 is 0. The van der Waals surface area contributed by atoms with Gasteiger partial charge in [-0.05, 0) is 50.2 Å². The molecule has 168 valence electrons. The Labute approximate surface area is 191 Å². The number of hydrogen-bond acceptors (Lipinski definition) is 7. The Morgan fingerprint density at radius 2 is 1.94 bits per heavy atom. The van der Waals surface area contributed by atoms with E-state index >= 15 is 0 Å². The van der Waals surface area contributed by atoms with E-state index in [0.717, 1.165) is 42.4 Å². The largest absolute Gasteiger partial charge is 0.490 e. The number of carbonyl (C=O) groups is 1. The molecule has 0 atom stereocenters. The number of oxazole rings is 1. The number of amides is 1. The van der Waals surface area contributed by atoms with Crippen molar-refractivity contribution in [1.82, 2.24) is 19.9 Å². The van der Waals surface area contributed by atoms with Crippen molar-refractivity contribution >= 4 is 22.6 Å². The predicted molar refractivity (Wildman–Crippen MR) is 125 cm³/mol. The Morgan fingerprint density at radius 3 is 2.73 bits per heavy atom. The number of carbonyl (C=O) groups excluding carboxylic acids is 1. The average Bonchev–Trinajstić information content (AvgIpc) is 3.26. The molecular weight excluding hydrogens is 418 g/mol. The average molecular weight is 444 g/mol. The smallest absolute Gasteiger partial charge is 0.256 e. The summed E-state index contributed by atoms with van der Waals surface area (Å²) in [6.45, 7) is 3.83. The molecule has 1 saturated heterocycles. The highest BCUT2D eigenvalue weighted by molar-refractivity contribution is 6.04. The second-order valence-electron chi connectivity index (χ2n) is 8.33. The zero-order valence-electron chi connectivity index (χ0n) is 18.6. The molecule has 8 nitrogen and oxygen atoms in total. The van der Waals surface area contributed by atoms with Crippen LogP contribution in [-0.2, 0) is 0 Å². The molecule has 1 amide bonds. The molecule has 1 aliphatic rings. The summed E-state index contributed by atoms with van der Waals surface area (Å²) < 4.78 is 11.7. The van der Waals surface area contributed by atoms with Crippen molar-refractivity contribution in [2.45, 2.75) is 25.9 Å². The highest BCUT2D eigenvalue weighted by Gasteiger charge is 2.18. The fourth-order valence-electron chi connectivity index (χ4n) is 3.92. The third kappa shape index (κ3) is 4.85. The molecule has 4 heterocycles. The quantitative estimate of drug-likeness (QED) is 0.491. The summed E-state index contributed by atoms with van der Waals surface area (Å²) in [4.78, 5) is 28.1. The van der Waals surface area contributed by atoms with Gasteiger partial charge in [0.2, 0.25) is 0 Å². The van der Waals surface area contributed by atoms with Gasteiger partial charge < -0.3 is 19.4 Å². The van der Waals surface area contributed by atoms with Crippen LogP contribution in [0.2, 0.25) is 0 Å². The molecule has 0 spiro atoms. The SMILES string of the molecule is Cc1ncc(-c2cnc3cnc(NC(=O)c4cccc(OC5CCN(C)CC5)c4)cc3c2)o1. The van der Waals surface area contributed by atoms with Gasteiger partial charge in [-0.25, -0.2) is 9.97 Å². The molecule has 4 aromatic rings. The third-order valence-corrected chi connectivity index (χ3v) is 5.78. The minimum absolute atomic E-state index is 0.177. The van der Waals surface area contributed by atoms with Crippen LogP contribution in [-0.4, -0.2) is 52.0 Å². The van der Waals surface area contributed by atoms with Crippen molar-refractivity contribution in [3.8, 4) is 17.1 Å². The molecule has 0 radical (unpaired) electrons. The molecule has 1 aromatic carbocycles. The van der Waals surface area contributed by atoms with Gasteiger partial charge >= 0.3 is 0 Å². The van der Waals surface area contributed by atoms with Crippen LogP contribution in [0.3, 0.4) is 0 Å². The fraction of sp³-hybridized carbons (Fsp3) is 0.280. The first-order valence-electron chi connectivity index (χ1n) is 11.0. The molecule has 1 N–H and O–H groups in total. The lowest BCUT2D eigenvalue weighted by Gasteiger charge is -2.29. The second-order valence-corrected chi connectivity index (χ2v) is 8.33. The molecule has 5 rings (SSSR count). The van der Waals surface area contributed by atoms with Crippen molar-refractivity contribution in [1.29, 1.82) is 0 Å². The van der Waals surface area contributed by atoms with Gasteiger partial charge in [-0.3, -0.25) is 9.78 Å². The molecule has 8 heteroatoms. The Hall–Kier alpha value is -3.78. The maximum absolute atomic E-state index is 12.9. The summed E-state index contributed by atoms with van der Waals surface area (Å²) in [5, 5.41) is 3.71.